The minimum absolute atomic E-state index is 0.0832. The van der Waals surface area contributed by atoms with Gasteiger partial charge in [0.15, 0.2) is 0 Å². The molecular formula is C26H41NO4S. The van der Waals surface area contributed by atoms with Crippen LogP contribution in [0.4, 0.5) is 0 Å². The van der Waals surface area contributed by atoms with Crippen LogP contribution in [0.15, 0.2) is 36.9 Å². The molecule has 1 aromatic carbocycles. The first-order chi connectivity index (χ1) is 15.6. The van der Waals surface area contributed by atoms with Gasteiger partial charge in [-0.3, -0.25) is 9.11 Å². The monoisotopic (exact) mass is 463 g/mol. The first kappa shape index (κ1) is 25.4. The van der Waals surface area contributed by atoms with Crippen molar-refractivity contribution in [3.05, 3.63) is 42.5 Å². The average Bonchev–Trinajstić information content (AvgIpc) is 2.83. The molecule has 1 aliphatic carbocycles. The summed E-state index contributed by atoms with van der Waals surface area (Å²) in [4.78, 5) is 14.3. The van der Waals surface area contributed by atoms with E-state index in [9.17, 15) is 4.21 Å². The Kier molecular flexibility index (Phi) is 10.2. The maximum Gasteiger partial charge on any atom is 0.119 e. The van der Waals surface area contributed by atoms with Crippen molar-refractivity contribution < 1.29 is 18.7 Å². The minimum Gasteiger partial charge on any atom is -0.492 e. The largest absolute Gasteiger partial charge is 0.492 e. The van der Waals surface area contributed by atoms with Crippen LogP contribution in [-0.4, -0.2) is 58.6 Å². The lowest BCUT2D eigenvalue weighted by molar-refractivity contribution is -0.391. The van der Waals surface area contributed by atoms with Crippen LogP contribution in [0.5, 0.6) is 5.75 Å². The highest BCUT2D eigenvalue weighted by atomic mass is 32.2. The zero-order valence-electron chi connectivity index (χ0n) is 19.9. The molecule has 1 saturated heterocycles. The summed E-state index contributed by atoms with van der Waals surface area (Å²) in [5, 5.41) is 0. The Morgan fingerprint density at radius 2 is 2.00 bits per heavy atom. The predicted octanol–water partition coefficient (Wildman–Crippen LogP) is 5.24. The molecule has 0 amide bonds. The smallest absolute Gasteiger partial charge is 0.119 e. The van der Waals surface area contributed by atoms with Crippen molar-refractivity contribution in [2.24, 2.45) is 0 Å². The molecule has 5 nitrogen and oxygen atoms in total. The van der Waals surface area contributed by atoms with Gasteiger partial charge in [0.2, 0.25) is 0 Å². The molecule has 0 N–H and O–H groups in total. The molecule has 0 bridgehead atoms. The van der Waals surface area contributed by atoms with Gasteiger partial charge >= 0.3 is 0 Å². The van der Waals surface area contributed by atoms with Gasteiger partial charge < -0.3 is 4.74 Å². The van der Waals surface area contributed by atoms with E-state index in [2.05, 4.69) is 49.6 Å². The fourth-order valence-corrected chi connectivity index (χ4v) is 5.85. The van der Waals surface area contributed by atoms with Crippen LogP contribution in [0.25, 0.3) is 0 Å². The molecule has 1 aromatic rings. The van der Waals surface area contributed by atoms with Crippen LogP contribution in [0.2, 0.25) is 0 Å². The third-order valence-corrected chi connectivity index (χ3v) is 8.27. The molecule has 1 unspecified atom stereocenters. The van der Waals surface area contributed by atoms with Crippen LogP contribution in [-0.2, 0) is 20.6 Å². The minimum atomic E-state index is -0.623. The number of ether oxygens (including phenoxy) is 1. The summed E-state index contributed by atoms with van der Waals surface area (Å²) < 4.78 is 17.4. The maximum absolute atomic E-state index is 11.5. The molecule has 1 heterocycles. The molecule has 1 saturated carbocycles. The van der Waals surface area contributed by atoms with E-state index in [1.807, 2.05) is 6.08 Å². The molecule has 32 heavy (non-hydrogen) atoms. The molecule has 3 rings (SSSR count). The lowest BCUT2D eigenvalue weighted by Gasteiger charge is -2.40. The standard InChI is InChI=1S/C26H41NO4S/c1-4-8-24(5-2)30-31-26(6-3)14-7-9-23(21-26)22-10-12-25(13-11-22)29-18-15-27-16-19-32(28)20-17-27/h4,10-13,23-24H,1,5-9,14-21H2,2-3H3/t23-,24?,26-/m1/s1. The van der Waals surface area contributed by atoms with Crippen molar-refractivity contribution in [1.29, 1.82) is 0 Å². The Morgan fingerprint density at radius 3 is 2.66 bits per heavy atom. The number of hydrogen-bond donors (Lipinski definition) is 0. The molecule has 2 fully saturated rings. The summed E-state index contributed by atoms with van der Waals surface area (Å²) >= 11 is 0. The first-order valence-corrected chi connectivity index (χ1v) is 13.8. The number of benzene rings is 1. The highest BCUT2D eigenvalue weighted by Gasteiger charge is 2.38. The Hall–Kier alpha value is -1.21. The lowest BCUT2D eigenvalue weighted by Crippen LogP contribution is -2.39. The van der Waals surface area contributed by atoms with E-state index < -0.39 is 10.8 Å². The van der Waals surface area contributed by atoms with Crippen molar-refractivity contribution in [2.75, 3.05) is 37.7 Å². The third-order valence-electron chi connectivity index (χ3n) is 6.99. The lowest BCUT2D eigenvalue weighted by atomic mass is 9.74. The second kappa shape index (κ2) is 12.9. The van der Waals surface area contributed by atoms with E-state index in [1.165, 1.54) is 12.0 Å². The summed E-state index contributed by atoms with van der Waals surface area (Å²) in [5.74, 6) is 2.98. The molecular weight excluding hydrogens is 422 g/mol. The Labute approximate surface area is 196 Å². The van der Waals surface area contributed by atoms with Gasteiger partial charge in [0, 0.05) is 41.9 Å². The van der Waals surface area contributed by atoms with Gasteiger partial charge in [0.1, 0.15) is 18.0 Å². The van der Waals surface area contributed by atoms with Crippen molar-refractivity contribution in [3.63, 3.8) is 0 Å². The predicted molar refractivity (Wildman–Crippen MR) is 132 cm³/mol. The Bertz CT molecular complexity index is 715. The quantitative estimate of drug-likeness (QED) is 0.241. The highest BCUT2D eigenvalue weighted by Crippen LogP contribution is 2.43. The summed E-state index contributed by atoms with van der Waals surface area (Å²) in [7, 11) is -0.623. The van der Waals surface area contributed by atoms with E-state index in [-0.39, 0.29) is 11.7 Å². The normalized spacial score (nSPS) is 26.0. The zero-order chi connectivity index (χ0) is 22.8. The van der Waals surface area contributed by atoms with Crippen molar-refractivity contribution in [2.45, 2.75) is 76.4 Å². The Morgan fingerprint density at radius 1 is 1.25 bits per heavy atom. The van der Waals surface area contributed by atoms with Gasteiger partial charge in [-0.2, -0.15) is 0 Å². The molecule has 0 radical (unpaired) electrons. The molecule has 3 atom stereocenters. The van der Waals surface area contributed by atoms with E-state index >= 15 is 0 Å². The van der Waals surface area contributed by atoms with Gasteiger partial charge in [0.05, 0.1) is 6.10 Å². The topological polar surface area (TPSA) is 48.0 Å². The number of rotatable bonds is 12. The fourth-order valence-electron chi connectivity index (χ4n) is 4.72. The van der Waals surface area contributed by atoms with Gasteiger partial charge in [-0.05, 0) is 68.6 Å². The van der Waals surface area contributed by atoms with Crippen LogP contribution in [0.3, 0.4) is 0 Å². The van der Waals surface area contributed by atoms with Crippen LogP contribution < -0.4 is 4.74 Å². The fraction of sp³-hybridized carbons (Fsp3) is 0.692. The number of nitrogens with zero attached hydrogens (tertiary/aromatic N) is 1. The van der Waals surface area contributed by atoms with E-state index in [0.29, 0.717) is 12.5 Å². The van der Waals surface area contributed by atoms with Crippen molar-refractivity contribution >= 4 is 10.8 Å². The third kappa shape index (κ3) is 7.41. The van der Waals surface area contributed by atoms with Crippen molar-refractivity contribution in [3.8, 4) is 5.75 Å². The molecule has 1 aliphatic heterocycles. The summed E-state index contributed by atoms with van der Waals surface area (Å²) in [6, 6.07) is 8.61. The van der Waals surface area contributed by atoms with E-state index in [1.54, 1.807) is 0 Å². The SMILES string of the molecule is C=CCC(CC)OO[C@]1(CC)CCC[C@@H](c2ccc(OCCN3CCS(=O)CC3)cc2)C1. The molecule has 180 valence electrons. The van der Waals surface area contributed by atoms with E-state index in [0.717, 1.165) is 75.4 Å². The highest BCUT2D eigenvalue weighted by molar-refractivity contribution is 7.85. The average molecular weight is 464 g/mol. The van der Waals surface area contributed by atoms with Crippen molar-refractivity contribution in [1.82, 2.24) is 4.90 Å². The molecule has 2 aliphatic rings. The first-order valence-electron chi connectivity index (χ1n) is 12.3. The van der Waals surface area contributed by atoms with Gasteiger partial charge in [-0.25, -0.2) is 9.78 Å². The van der Waals surface area contributed by atoms with E-state index in [4.69, 9.17) is 14.5 Å². The van der Waals surface area contributed by atoms with Crippen LogP contribution >= 0.6 is 0 Å². The zero-order valence-corrected chi connectivity index (χ0v) is 20.7. The maximum atomic E-state index is 11.5. The van der Waals surface area contributed by atoms with Gasteiger partial charge in [-0.1, -0.05) is 32.1 Å². The second-order valence-corrected chi connectivity index (χ2v) is 10.9. The molecule has 0 aromatic heterocycles. The number of hydrogen-bond acceptors (Lipinski definition) is 5. The summed E-state index contributed by atoms with van der Waals surface area (Å²) in [5.41, 5.74) is 1.15. The van der Waals surface area contributed by atoms with Gasteiger partial charge in [0.25, 0.3) is 0 Å². The Balaban J connectivity index is 1.49. The summed E-state index contributed by atoms with van der Waals surface area (Å²) in [6.07, 6.45) is 9.06. The summed E-state index contributed by atoms with van der Waals surface area (Å²) in [6.45, 7) is 11.5. The molecule has 0 spiro atoms. The second-order valence-electron chi connectivity index (χ2n) is 9.17. The van der Waals surface area contributed by atoms with Crippen LogP contribution in [0, 0.1) is 0 Å². The van der Waals surface area contributed by atoms with Crippen LogP contribution in [0.1, 0.15) is 70.3 Å². The molecule has 6 heteroatoms. The van der Waals surface area contributed by atoms with Gasteiger partial charge in [-0.15, -0.1) is 6.58 Å².